The van der Waals surface area contributed by atoms with Crippen LogP contribution in [0.2, 0.25) is 0 Å². The van der Waals surface area contributed by atoms with Gasteiger partial charge in [-0.2, -0.15) is 9.78 Å². The Balaban J connectivity index is 1.64. The fraction of sp³-hybridized carbons (Fsp3) is 0.241. The SMILES string of the molecule is CCOc1cc(C=Nn2c([C@H](C)CC)nc3ccc(Br)cc3c2=O)cc(I)c1OCC(=O)Nc1ccccc1. The van der Waals surface area contributed by atoms with E-state index >= 15 is 0 Å². The zero-order chi connectivity index (χ0) is 27.9. The van der Waals surface area contributed by atoms with Crippen molar-refractivity contribution in [3.05, 3.63) is 90.4 Å². The van der Waals surface area contributed by atoms with Gasteiger partial charge < -0.3 is 14.8 Å². The Morgan fingerprint density at radius 2 is 1.92 bits per heavy atom. The standard InChI is InChI=1S/C29H28BrIN4O4/c1-4-18(3)28-34-24-12-11-20(30)15-22(24)29(37)35(28)32-16-19-13-23(31)27(25(14-19)38-5-2)39-17-26(36)33-21-9-7-6-8-10-21/h6-16,18H,4-5,17H2,1-3H3,(H,33,36)/t18-/m1/s1. The van der Waals surface area contributed by atoms with Crippen LogP contribution in [-0.4, -0.2) is 35.0 Å². The monoisotopic (exact) mass is 702 g/mol. The number of anilines is 1. The molecule has 1 aromatic heterocycles. The minimum Gasteiger partial charge on any atom is -0.490 e. The molecule has 0 radical (unpaired) electrons. The van der Waals surface area contributed by atoms with Crippen molar-refractivity contribution >= 4 is 67.2 Å². The van der Waals surface area contributed by atoms with E-state index in [1.54, 1.807) is 18.3 Å². The fourth-order valence-corrected chi connectivity index (χ4v) is 4.97. The number of hydrogen-bond donors (Lipinski definition) is 1. The molecule has 1 atom stereocenters. The van der Waals surface area contributed by atoms with Crippen LogP contribution < -0.4 is 20.3 Å². The van der Waals surface area contributed by atoms with Crippen molar-refractivity contribution in [3.8, 4) is 11.5 Å². The Morgan fingerprint density at radius 3 is 2.64 bits per heavy atom. The van der Waals surface area contributed by atoms with E-state index in [1.807, 2.05) is 69.3 Å². The number of nitrogens with zero attached hydrogens (tertiary/aromatic N) is 3. The molecule has 1 amide bonds. The molecule has 0 saturated heterocycles. The number of rotatable bonds is 10. The van der Waals surface area contributed by atoms with E-state index in [4.69, 9.17) is 14.5 Å². The van der Waals surface area contributed by atoms with Crippen LogP contribution in [0.3, 0.4) is 0 Å². The topological polar surface area (TPSA) is 94.8 Å². The van der Waals surface area contributed by atoms with Crippen LogP contribution in [0.4, 0.5) is 5.69 Å². The molecule has 0 aliphatic carbocycles. The number of nitrogens with one attached hydrogen (secondary N) is 1. The molecule has 0 unspecified atom stereocenters. The van der Waals surface area contributed by atoms with Gasteiger partial charge in [0.25, 0.3) is 11.5 Å². The maximum atomic E-state index is 13.4. The van der Waals surface area contributed by atoms with E-state index in [9.17, 15) is 9.59 Å². The van der Waals surface area contributed by atoms with Gasteiger partial charge in [0, 0.05) is 16.1 Å². The summed E-state index contributed by atoms with van der Waals surface area (Å²) in [6.07, 6.45) is 2.41. The van der Waals surface area contributed by atoms with E-state index < -0.39 is 0 Å². The van der Waals surface area contributed by atoms with Crippen molar-refractivity contribution in [1.29, 1.82) is 0 Å². The van der Waals surface area contributed by atoms with Crippen LogP contribution >= 0.6 is 38.5 Å². The number of benzene rings is 3. The van der Waals surface area contributed by atoms with Gasteiger partial charge in [0.1, 0.15) is 5.82 Å². The molecular formula is C29H28BrIN4O4. The third kappa shape index (κ3) is 7.04. The molecule has 202 valence electrons. The molecule has 39 heavy (non-hydrogen) atoms. The summed E-state index contributed by atoms with van der Waals surface area (Å²) in [6.45, 7) is 6.17. The van der Waals surface area contributed by atoms with Crippen LogP contribution in [0.1, 0.15) is 44.5 Å². The largest absolute Gasteiger partial charge is 0.490 e. The number of para-hydroxylation sites is 1. The lowest BCUT2D eigenvalue weighted by atomic mass is 10.1. The highest BCUT2D eigenvalue weighted by molar-refractivity contribution is 14.1. The van der Waals surface area contributed by atoms with E-state index in [1.165, 1.54) is 4.68 Å². The molecule has 0 bridgehead atoms. The Bertz CT molecular complexity index is 1570. The summed E-state index contributed by atoms with van der Waals surface area (Å²) in [5.74, 6) is 1.29. The predicted octanol–water partition coefficient (Wildman–Crippen LogP) is 6.58. The van der Waals surface area contributed by atoms with E-state index in [2.05, 4.69) is 48.9 Å². The highest BCUT2D eigenvalue weighted by Gasteiger charge is 2.17. The Kier molecular flexibility index (Phi) is 9.73. The maximum absolute atomic E-state index is 13.4. The smallest absolute Gasteiger partial charge is 0.282 e. The second kappa shape index (κ2) is 13.2. The first-order valence-corrected chi connectivity index (χ1v) is 14.4. The number of carbonyl (C=O) groups is 1. The van der Waals surface area contributed by atoms with Crippen LogP contribution in [0.15, 0.2) is 75.0 Å². The van der Waals surface area contributed by atoms with Crippen molar-refractivity contribution < 1.29 is 14.3 Å². The first kappa shape index (κ1) is 28.8. The average molecular weight is 703 g/mol. The van der Waals surface area contributed by atoms with Gasteiger partial charge in [-0.3, -0.25) is 9.59 Å². The summed E-state index contributed by atoms with van der Waals surface area (Å²) in [7, 11) is 0. The molecule has 4 aromatic rings. The third-order valence-electron chi connectivity index (χ3n) is 5.95. The van der Waals surface area contributed by atoms with Crippen LogP contribution in [0.5, 0.6) is 11.5 Å². The molecular weight excluding hydrogens is 675 g/mol. The second-order valence-corrected chi connectivity index (χ2v) is 10.8. The average Bonchev–Trinajstić information content (AvgIpc) is 2.92. The number of halogens is 2. The molecule has 10 heteroatoms. The van der Waals surface area contributed by atoms with Gasteiger partial charge in [-0.05, 0) is 84.0 Å². The molecule has 0 aliphatic rings. The highest BCUT2D eigenvalue weighted by atomic mass is 127. The Hall–Kier alpha value is -3.25. The number of amides is 1. The molecule has 0 saturated carbocycles. The van der Waals surface area contributed by atoms with Crippen LogP contribution in [0, 0.1) is 3.57 Å². The zero-order valence-corrected chi connectivity index (χ0v) is 25.5. The highest BCUT2D eigenvalue weighted by Crippen LogP contribution is 2.34. The summed E-state index contributed by atoms with van der Waals surface area (Å²) in [4.78, 5) is 30.6. The molecule has 0 aliphatic heterocycles. The van der Waals surface area contributed by atoms with E-state index in [0.717, 1.165) is 14.5 Å². The lowest BCUT2D eigenvalue weighted by molar-refractivity contribution is -0.118. The summed E-state index contributed by atoms with van der Waals surface area (Å²) in [6, 6.07) is 18.3. The van der Waals surface area contributed by atoms with Crippen molar-refractivity contribution in [1.82, 2.24) is 9.66 Å². The Labute approximate surface area is 248 Å². The normalized spacial score (nSPS) is 12.0. The lowest BCUT2D eigenvalue weighted by Crippen LogP contribution is -2.23. The van der Waals surface area contributed by atoms with Gasteiger partial charge in [-0.15, -0.1) is 0 Å². The van der Waals surface area contributed by atoms with Gasteiger partial charge in [0.2, 0.25) is 0 Å². The number of ether oxygens (including phenoxy) is 2. The van der Waals surface area contributed by atoms with Gasteiger partial charge >= 0.3 is 0 Å². The lowest BCUT2D eigenvalue weighted by Gasteiger charge is -2.15. The van der Waals surface area contributed by atoms with Crippen LogP contribution in [-0.2, 0) is 4.79 Å². The van der Waals surface area contributed by atoms with Crippen LogP contribution in [0.25, 0.3) is 10.9 Å². The first-order chi connectivity index (χ1) is 18.8. The van der Waals surface area contributed by atoms with Crippen molar-refractivity contribution in [3.63, 3.8) is 0 Å². The van der Waals surface area contributed by atoms with Gasteiger partial charge in [-0.1, -0.05) is 48.0 Å². The predicted molar refractivity (Wildman–Crippen MR) is 166 cm³/mol. The molecule has 0 fully saturated rings. The summed E-state index contributed by atoms with van der Waals surface area (Å²) >= 11 is 5.57. The fourth-order valence-electron chi connectivity index (χ4n) is 3.83. The van der Waals surface area contributed by atoms with Gasteiger partial charge in [0.05, 0.1) is 27.3 Å². The number of carbonyl (C=O) groups excluding carboxylic acids is 1. The third-order valence-corrected chi connectivity index (χ3v) is 7.24. The second-order valence-electron chi connectivity index (χ2n) is 8.77. The van der Waals surface area contributed by atoms with E-state index in [0.29, 0.717) is 46.1 Å². The first-order valence-electron chi connectivity index (χ1n) is 12.5. The van der Waals surface area contributed by atoms with Gasteiger partial charge in [0.15, 0.2) is 18.1 Å². The molecule has 1 heterocycles. The minimum atomic E-state index is -0.280. The summed E-state index contributed by atoms with van der Waals surface area (Å²) in [5, 5.41) is 7.84. The van der Waals surface area contributed by atoms with Crippen molar-refractivity contribution in [2.45, 2.75) is 33.1 Å². The van der Waals surface area contributed by atoms with Crippen molar-refractivity contribution in [2.75, 3.05) is 18.5 Å². The molecule has 4 rings (SSSR count). The molecule has 1 N–H and O–H groups in total. The quantitative estimate of drug-likeness (QED) is 0.149. The summed E-state index contributed by atoms with van der Waals surface area (Å²) in [5.41, 5.74) is 1.80. The number of aromatic nitrogens is 2. The minimum absolute atomic E-state index is 0.0276. The van der Waals surface area contributed by atoms with Crippen molar-refractivity contribution in [2.24, 2.45) is 5.10 Å². The van der Waals surface area contributed by atoms with Gasteiger partial charge in [-0.25, -0.2) is 4.98 Å². The number of fused-ring (bicyclic) bond motifs is 1. The summed E-state index contributed by atoms with van der Waals surface area (Å²) < 4.78 is 14.6. The Morgan fingerprint density at radius 1 is 1.15 bits per heavy atom. The molecule has 8 nitrogen and oxygen atoms in total. The number of hydrogen-bond acceptors (Lipinski definition) is 6. The maximum Gasteiger partial charge on any atom is 0.282 e. The molecule has 3 aromatic carbocycles. The molecule has 0 spiro atoms. The van der Waals surface area contributed by atoms with E-state index in [-0.39, 0.29) is 24.0 Å². The zero-order valence-electron chi connectivity index (χ0n) is 21.8.